The number of rotatable bonds is 3. The Morgan fingerprint density at radius 3 is 3.06 bits per heavy atom. The molecule has 16 heavy (non-hydrogen) atoms. The Morgan fingerprint density at radius 1 is 1.62 bits per heavy atom. The molecular weight excluding hydrogens is 240 g/mol. The molecule has 0 aromatic carbocycles. The molecule has 2 rings (SSSR count). The highest BCUT2D eigenvalue weighted by Gasteiger charge is 2.18. The third kappa shape index (κ3) is 3.20. The van der Waals surface area contributed by atoms with Crippen molar-refractivity contribution in [3.63, 3.8) is 0 Å². The van der Waals surface area contributed by atoms with Gasteiger partial charge in [-0.05, 0) is 25.9 Å². The number of nitrogens with zero attached hydrogens (tertiary/aromatic N) is 1. The van der Waals surface area contributed by atoms with E-state index in [0.717, 1.165) is 24.5 Å². The summed E-state index contributed by atoms with van der Waals surface area (Å²) >= 11 is 3.08. The summed E-state index contributed by atoms with van der Waals surface area (Å²) in [7, 11) is 0. The van der Waals surface area contributed by atoms with E-state index in [4.69, 9.17) is 11.1 Å². The molecule has 1 aliphatic rings. The lowest BCUT2D eigenvalue weighted by molar-refractivity contribution is 0.459. The molecule has 1 fully saturated rings. The Bertz CT molecular complexity index is 357. The van der Waals surface area contributed by atoms with Crippen LogP contribution in [0.1, 0.15) is 29.5 Å². The third-order valence-electron chi connectivity index (χ3n) is 2.63. The van der Waals surface area contributed by atoms with Crippen LogP contribution < -0.4 is 11.1 Å². The quantitative estimate of drug-likeness (QED) is 0.569. The van der Waals surface area contributed by atoms with Crippen LogP contribution in [-0.2, 0) is 5.75 Å². The van der Waals surface area contributed by atoms with Gasteiger partial charge in [0.2, 0.25) is 0 Å². The molecule has 0 bridgehead atoms. The van der Waals surface area contributed by atoms with Crippen LogP contribution in [0.15, 0.2) is 5.38 Å². The summed E-state index contributed by atoms with van der Waals surface area (Å²) in [5.74, 6) is 1.35. The average molecular weight is 256 g/mol. The van der Waals surface area contributed by atoms with Crippen LogP contribution in [0.3, 0.4) is 0 Å². The highest BCUT2D eigenvalue weighted by atomic mass is 32.2. The molecule has 1 aromatic rings. The number of aromatic nitrogens is 1. The zero-order valence-corrected chi connectivity index (χ0v) is 10.7. The van der Waals surface area contributed by atoms with Crippen molar-refractivity contribution >= 4 is 28.3 Å². The van der Waals surface area contributed by atoms with Gasteiger partial charge < -0.3 is 11.1 Å². The SMILES string of the molecule is N=C(N)SCc1csc(C2CCNCC2)n1. The van der Waals surface area contributed by atoms with Gasteiger partial charge in [-0.2, -0.15) is 0 Å². The first kappa shape index (κ1) is 11.9. The topological polar surface area (TPSA) is 74.8 Å². The van der Waals surface area contributed by atoms with Gasteiger partial charge in [0.15, 0.2) is 5.17 Å². The van der Waals surface area contributed by atoms with Crippen molar-refractivity contribution in [2.75, 3.05) is 13.1 Å². The molecule has 0 amide bonds. The van der Waals surface area contributed by atoms with Gasteiger partial charge in [0.1, 0.15) is 0 Å². The molecular formula is C10H16N4S2. The van der Waals surface area contributed by atoms with Crippen LogP contribution in [-0.4, -0.2) is 23.2 Å². The molecule has 4 N–H and O–H groups in total. The summed E-state index contributed by atoms with van der Waals surface area (Å²) < 4.78 is 0. The Kier molecular flexibility index (Phi) is 4.20. The summed E-state index contributed by atoms with van der Waals surface area (Å²) in [5.41, 5.74) is 6.36. The van der Waals surface area contributed by atoms with E-state index < -0.39 is 0 Å². The zero-order valence-electron chi connectivity index (χ0n) is 9.03. The minimum Gasteiger partial charge on any atom is -0.379 e. The molecule has 0 unspecified atom stereocenters. The predicted octanol–water partition coefficient (Wildman–Crippen LogP) is 1.74. The fourth-order valence-corrected chi connectivity index (χ4v) is 3.34. The lowest BCUT2D eigenvalue weighted by atomic mass is 9.99. The van der Waals surface area contributed by atoms with Crippen molar-refractivity contribution < 1.29 is 0 Å². The number of amidine groups is 1. The van der Waals surface area contributed by atoms with E-state index in [1.54, 1.807) is 11.3 Å². The number of hydrogen-bond acceptors (Lipinski definition) is 5. The zero-order chi connectivity index (χ0) is 11.4. The van der Waals surface area contributed by atoms with Crippen LogP contribution in [0, 0.1) is 5.41 Å². The normalized spacial score (nSPS) is 17.5. The van der Waals surface area contributed by atoms with Crippen molar-refractivity contribution in [3.8, 4) is 0 Å². The molecule has 4 nitrogen and oxygen atoms in total. The van der Waals surface area contributed by atoms with Crippen molar-refractivity contribution in [3.05, 3.63) is 16.1 Å². The summed E-state index contributed by atoms with van der Waals surface area (Å²) in [6, 6.07) is 0. The first-order valence-corrected chi connectivity index (χ1v) is 7.24. The maximum atomic E-state index is 7.15. The van der Waals surface area contributed by atoms with Gasteiger partial charge in [-0.1, -0.05) is 11.8 Å². The van der Waals surface area contributed by atoms with Gasteiger partial charge >= 0.3 is 0 Å². The molecule has 1 aromatic heterocycles. The molecule has 0 spiro atoms. The maximum Gasteiger partial charge on any atom is 0.151 e. The van der Waals surface area contributed by atoms with Crippen molar-refractivity contribution in [2.24, 2.45) is 5.73 Å². The first-order chi connectivity index (χ1) is 7.75. The number of thiazole rings is 1. The molecule has 1 saturated heterocycles. The first-order valence-electron chi connectivity index (χ1n) is 5.37. The van der Waals surface area contributed by atoms with E-state index in [0.29, 0.717) is 5.92 Å². The summed E-state index contributed by atoms with van der Waals surface area (Å²) in [6.45, 7) is 2.20. The Balaban J connectivity index is 1.93. The van der Waals surface area contributed by atoms with Crippen molar-refractivity contribution in [1.82, 2.24) is 10.3 Å². The predicted molar refractivity (Wildman–Crippen MR) is 70.2 cm³/mol. The van der Waals surface area contributed by atoms with E-state index in [-0.39, 0.29) is 5.17 Å². The molecule has 0 aliphatic carbocycles. The second kappa shape index (κ2) is 5.65. The highest BCUT2D eigenvalue weighted by molar-refractivity contribution is 8.13. The second-order valence-electron chi connectivity index (χ2n) is 3.85. The summed E-state index contributed by atoms with van der Waals surface area (Å²) in [4.78, 5) is 4.62. The van der Waals surface area contributed by atoms with Crippen molar-refractivity contribution in [1.29, 1.82) is 5.41 Å². The Labute approximate surface area is 104 Å². The average Bonchev–Trinajstić information content (AvgIpc) is 2.76. The monoisotopic (exact) mass is 256 g/mol. The lowest BCUT2D eigenvalue weighted by Crippen LogP contribution is -2.26. The molecule has 0 saturated carbocycles. The van der Waals surface area contributed by atoms with Crippen LogP contribution in [0.4, 0.5) is 0 Å². The number of hydrogen-bond donors (Lipinski definition) is 3. The number of thioether (sulfide) groups is 1. The van der Waals surface area contributed by atoms with Crippen LogP contribution in [0.2, 0.25) is 0 Å². The fraction of sp³-hybridized carbons (Fsp3) is 0.600. The third-order valence-corrected chi connectivity index (χ3v) is 4.44. The molecule has 1 aliphatic heterocycles. The van der Waals surface area contributed by atoms with Crippen molar-refractivity contribution in [2.45, 2.75) is 24.5 Å². The minimum absolute atomic E-state index is 0.163. The minimum atomic E-state index is 0.163. The van der Waals surface area contributed by atoms with Crippen LogP contribution in [0.25, 0.3) is 0 Å². The van der Waals surface area contributed by atoms with Gasteiger partial charge in [0, 0.05) is 17.1 Å². The largest absolute Gasteiger partial charge is 0.379 e. The fourth-order valence-electron chi connectivity index (χ4n) is 1.80. The van der Waals surface area contributed by atoms with E-state index in [9.17, 15) is 0 Å². The molecule has 6 heteroatoms. The van der Waals surface area contributed by atoms with Gasteiger partial charge in [0.05, 0.1) is 10.7 Å². The molecule has 0 radical (unpaired) electrons. The van der Waals surface area contributed by atoms with Crippen LogP contribution in [0.5, 0.6) is 0 Å². The smallest absolute Gasteiger partial charge is 0.151 e. The summed E-state index contributed by atoms with van der Waals surface area (Å²) in [5, 5.41) is 14.0. The van der Waals surface area contributed by atoms with E-state index in [1.165, 1.54) is 29.6 Å². The van der Waals surface area contributed by atoms with Gasteiger partial charge in [-0.15, -0.1) is 11.3 Å². The molecule has 0 atom stereocenters. The second-order valence-corrected chi connectivity index (χ2v) is 5.76. The van der Waals surface area contributed by atoms with Crippen LogP contribution >= 0.6 is 23.1 Å². The summed E-state index contributed by atoms with van der Waals surface area (Å²) in [6.07, 6.45) is 2.37. The molecule has 88 valence electrons. The lowest BCUT2D eigenvalue weighted by Gasteiger charge is -2.20. The van der Waals surface area contributed by atoms with E-state index in [1.807, 2.05) is 0 Å². The van der Waals surface area contributed by atoms with Gasteiger partial charge in [-0.3, -0.25) is 5.41 Å². The maximum absolute atomic E-state index is 7.15. The van der Waals surface area contributed by atoms with Gasteiger partial charge in [-0.25, -0.2) is 4.98 Å². The number of piperidine rings is 1. The number of nitrogens with one attached hydrogen (secondary N) is 2. The Morgan fingerprint density at radius 2 is 2.38 bits per heavy atom. The van der Waals surface area contributed by atoms with E-state index >= 15 is 0 Å². The standard InChI is InChI=1S/C10H16N4S2/c11-10(12)16-6-8-5-15-9(14-8)7-1-3-13-4-2-7/h5,7,13H,1-4,6H2,(H3,11,12). The van der Waals surface area contributed by atoms with E-state index in [2.05, 4.69) is 15.7 Å². The molecule has 2 heterocycles. The van der Waals surface area contributed by atoms with Gasteiger partial charge in [0.25, 0.3) is 0 Å². The Hall–Kier alpha value is -0.590. The highest BCUT2D eigenvalue weighted by Crippen LogP contribution is 2.28. The number of nitrogens with two attached hydrogens (primary N) is 1.